The molecule has 1 aromatic rings. The number of hydrogen-bond acceptors (Lipinski definition) is 3. The van der Waals surface area contributed by atoms with Crippen LogP contribution in [0.2, 0.25) is 0 Å². The third-order valence-electron chi connectivity index (χ3n) is 2.52. The molecule has 0 spiro atoms. The van der Waals surface area contributed by atoms with Crippen LogP contribution in [-0.2, 0) is 6.54 Å². The minimum Gasteiger partial charge on any atom is -0.367 e. The summed E-state index contributed by atoms with van der Waals surface area (Å²) in [5, 5.41) is 7.24. The fourth-order valence-corrected chi connectivity index (χ4v) is 1.80. The van der Waals surface area contributed by atoms with Crippen LogP contribution in [-0.4, -0.2) is 15.3 Å². The van der Waals surface area contributed by atoms with E-state index in [4.69, 9.17) is 6.42 Å². The molecule has 1 aromatic heterocycles. The SMILES string of the molecule is C#CC(C)(C)Nc1cnn(CCCC)c(=O)c1Br. The van der Waals surface area contributed by atoms with Crippen molar-refractivity contribution in [2.75, 3.05) is 5.32 Å². The molecule has 1 rings (SSSR count). The largest absolute Gasteiger partial charge is 0.367 e. The van der Waals surface area contributed by atoms with Crippen molar-refractivity contribution < 1.29 is 0 Å². The van der Waals surface area contributed by atoms with E-state index in [0.29, 0.717) is 16.7 Å². The molecule has 0 fully saturated rings. The van der Waals surface area contributed by atoms with Crippen LogP contribution in [0.25, 0.3) is 0 Å². The molecule has 0 aliphatic rings. The molecule has 1 heterocycles. The van der Waals surface area contributed by atoms with E-state index >= 15 is 0 Å². The summed E-state index contributed by atoms with van der Waals surface area (Å²) in [4.78, 5) is 12.0. The van der Waals surface area contributed by atoms with Crippen molar-refractivity contribution in [2.24, 2.45) is 0 Å². The summed E-state index contributed by atoms with van der Waals surface area (Å²) in [7, 11) is 0. The number of unbranched alkanes of at least 4 members (excludes halogenated alkanes) is 1. The van der Waals surface area contributed by atoms with Crippen LogP contribution in [0, 0.1) is 12.3 Å². The van der Waals surface area contributed by atoms with Crippen LogP contribution in [0.5, 0.6) is 0 Å². The quantitative estimate of drug-likeness (QED) is 0.850. The van der Waals surface area contributed by atoms with Gasteiger partial charge in [-0.15, -0.1) is 6.42 Å². The van der Waals surface area contributed by atoms with E-state index in [0.717, 1.165) is 12.8 Å². The zero-order valence-corrected chi connectivity index (χ0v) is 12.5. The van der Waals surface area contributed by atoms with Crippen LogP contribution < -0.4 is 10.9 Å². The Kier molecular flexibility index (Phi) is 4.97. The number of aromatic nitrogens is 2. The van der Waals surface area contributed by atoms with Gasteiger partial charge in [-0.1, -0.05) is 19.3 Å². The number of hydrogen-bond donors (Lipinski definition) is 1. The third-order valence-corrected chi connectivity index (χ3v) is 3.28. The van der Waals surface area contributed by atoms with E-state index < -0.39 is 5.54 Å². The van der Waals surface area contributed by atoms with Gasteiger partial charge < -0.3 is 5.32 Å². The predicted octanol–water partition coefficient (Wildman–Crippen LogP) is 2.63. The van der Waals surface area contributed by atoms with Gasteiger partial charge in [-0.3, -0.25) is 4.79 Å². The second kappa shape index (κ2) is 6.05. The topological polar surface area (TPSA) is 46.9 Å². The normalized spacial score (nSPS) is 11.1. The van der Waals surface area contributed by atoms with Crippen LogP contribution in [0.3, 0.4) is 0 Å². The zero-order valence-electron chi connectivity index (χ0n) is 11.0. The van der Waals surface area contributed by atoms with E-state index in [1.807, 2.05) is 13.8 Å². The molecule has 0 unspecified atom stereocenters. The zero-order chi connectivity index (χ0) is 13.8. The molecular formula is C13H18BrN3O. The van der Waals surface area contributed by atoms with E-state index in [1.165, 1.54) is 4.68 Å². The second-order valence-electron chi connectivity index (χ2n) is 4.65. The monoisotopic (exact) mass is 311 g/mol. The molecule has 0 bridgehead atoms. The molecule has 5 heteroatoms. The molecule has 1 N–H and O–H groups in total. The summed E-state index contributed by atoms with van der Waals surface area (Å²) >= 11 is 3.30. The molecule has 98 valence electrons. The average molecular weight is 312 g/mol. The summed E-state index contributed by atoms with van der Waals surface area (Å²) in [6.45, 7) is 6.43. The number of halogens is 1. The molecular weight excluding hydrogens is 294 g/mol. The Morgan fingerprint density at radius 2 is 2.28 bits per heavy atom. The van der Waals surface area contributed by atoms with Gasteiger partial charge in [0.05, 0.1) is 17.4 Å². The van der Waals surface area contributed by atoms with Crippen LogP contribution in [0.4, 0.5) is 5.69 Å². The molecule has 0 saturated heterocycles. The smallest absolute Gasteiger partial charge is 0.283 e. The Hall–Kier alpha value is -1.28. The van der Waals surface area contributed by atoms with Crippen molar-refractivity contribution in [1.29, 1.82) is 0 Å². The van der Waals surface area contributed by atoms with Crippen molar-refractivity contribution in [2.45, 2.75) is 45.7 Å². The number of nitrogens with zero attached hydrogens (tertiary/aromatic N) is 2. The van der Waals surface area contributed by atoms with Crippen molar-refractivity contribution in [3.8, 4) is 12.3 Å². The highest BCUT2D eigenvalue weighted by Crippen LogP contribution is 2.20. The van der Waals surface area contributed by atoms with Crippen molar-refractivity contribution >= 4 is 21.6 Å². The first-order chi connectivity index (χ1) is 8.41. The van der Waals surface area contributed by atoms with Gasteiger partial charge in [0.1, 0.15) is 4.47 Å². The van der Waals surface area contributed by atoms with Gasteiger partial charge in [-0.05, 0) is 36.2 Å². The molecule has 0 atom stereocenters. The molecule has 0 amide bonds. The average Bonchev–Trinajstić information content (AvgIpc) is 2.34. The highest BCUT2D eigenvalue weighted by atomic mass is 79.9. The van der Waals surface area contributed by atoms with E-state index in [-0.39, 0.29) is 5.56 Å². The van der Waals surface area contributed by atoms with Crippen molar-refractivity contribution in [3.05, 3.63) is 21.0 Å². The standard InChI is InChI=1S/C13H18BrN3O/c1-5-7-8-17-12(18)11(14)10(9-15-17)16-13(3,4)6-2/h2,9,16H,5,7-8H2,1,3-4H3. The third kappa shape index (κ3) is 3.61. The Bertz CT molecular complexity index is 514. The Morgan fingerprint density at radius 3 is 2.83 bits per heavy atom. The number of terminal acetylenes is 1. The summed E-state index contributed by atoms with van der Waals surface area (Å²) < 4.78 is 1.93. The van der Waals surface area contributed by atoms with Crippen LogP contribution >= 0.6 is 15.9 Å². The maximum absolute atomic E-state index is 12.0. The molecule has 0 aliphatic carbocycles. The number of rotatable bonds is 5. The Labute approximate surface area is 116 Å². The first kappa shape index (κ1) is 14.8. The van der Waals surface area contributed by atoms with E-state index in [1.54, 1.807) is 6.20 Å². The van der Waals surface area contributed by atoms with E-state index in [2.05, 4.69) is 39.2 Å². The van der Waals surface area contributed by atoms with Gasteiger partial charge in [0.2, 0.25) is 0 Å². The molecule has 0 radical (unpaired) electrons. The van der Waals surface area contributed by atoms with Crippen LogP contribution in [0.15, 0.2) is 15.5 Å². The molecule has 0 saturated carbocycles. The van der Waals surface area contributed by atoms with Gasteiger partial charge in [0.25, 0.3) is 5.56 Å². The molecule has 18 heavy (non-hydrogen) atoms. The maximum Gasteiger partial charge on any atom is 0.283 e. The van der Waals surface area contributed by atoms with Gasteiger partial charge in [-0.2, -0.15) is 5.10 Å². The summed E-state index contributed by atoms with van der Waals surface area (Å²) in [5.74, 6) is 2.62. The lowest BCUT2D eigenvalue weighted by Gasteiger charge is -2.21. The predicted molar refractivity (Wildman–Crippen MR) is 77.6 cm³/mol. The van der Waals surface area contributed by atoms with Gasteiger partial charge in [0.15, 0.2) is 0 Å². The molecule has 0 aromatic carbocycles. The summed E-state index contributed by atoms with van der Waals surface area (Å²) in [5.41, 5.74) is -0.0383. The number of aryl methyl sites for hydroxylation is 1. The van der Waals surface area contributed by atoms with Crippen LogP contribution in [0.1, 0.15) is 33.6 Å². The maximum atomic E-state index is 12.0. The highest BCUT2D eigenvalue weighted by molar-refractivity contribution is 9.10. The lowest BCUT2D eigenvalue weighted by Crippen LogP contribution is -2.31. The summed E-state index contributed by atoms with van der Waals surface area (Å²) in [6.07, 6.45) is 8.99. The fourth-order valence-electron chi connectivity index (χ4n) is 1.39. The Balaban J connectivity index is 3.02. The molecule has 0 aliphatic heterocycles. The fraction of sp³-hybridized carbons (Fsp3) is 0.538. The first-order valence-corrected chi connectivity index (χ1v) is 6.72. The van der Waals surface area contributed by atoms with Gasteiger partial charge in [-0.25, -0.2) is 4.68 Å². The lowest BCUT2D eigenvalue weighted by molar-refractivity contribution is 0.540. The minimum atomic E-state index is -0.522. The van der Waals surface area contributed by atoms with Gasteiger partial charge in [0, 0.05) is 6.54 Å². The highest BCUT2D eigenvalue weighted by Gasteiger charge is 2.17. The van der Waals surface area contributed by atoms with E-state index in [9.17, 15) is 4.79 Å². The minimum absolute atomic E-state index is 0.138. The number of nitrogens with one attached hydrogen (secondary N) is 1. The second-order valence-corrected chi connectivity index (χ2v) is 5.44. The van der Waals surface area contributed by atoms with Crippen molar-refractivity contribution in [1.82, 2.24) is 9.78 Å². The van der Waals surface area contributed by atoms with Crippen molar-refractivity contribution in [3.63, 3.8) is 0 Å². The first-order valence-electron chi connectivity index (χ1n) is 5.93. The Morgan fingerprint density at radius 1 is 1.61 bits per heavy atom. The molecule has 4 nitrogen and oxygen atoms in total. The lowest BCUT2D eigenvalue weighted by atomic mass is 10.1. The van der Waals surface area contributed by atoms with Gasteiger partial charge >= 0.3 is 0 Å². The number of anilines is 1. The summed E-state index contributed by atoms with van der Waals surface area (Å²) in [6, 6.07) is 0.